The average Bonchev–Trinajstić information content (AvgIpc) is 2.79. The Hall–Kier alpha value is -2.86. The molecule has 0 fully saturated rings. The highest BCUT2D eigenvalue weighted by atomic mass is 35.5. The molecular formula is C23H19Cl2F8N3O. The van der Waals surface area contributed by atoms with Crippen molar-refractivity contribution in [1.29, 1.82) is 5.41 Å². The molecule has 2 aromatic carbocycles. The minimum absolute atomic E-state index is 0.0666. The molecule has 4 nitrogen and oxygen atoms in total. The molecule has 0 aliphatic rings. The third kappa shape index (κ3) is 6.35. The highest BCUT2D eigenvalue weighted by molar-refractivity contribution is 6.39. The van der Waals surface area contributed by atoms with Crippen molar-refractivity contribution in [2.45, 2.75) is 44.3 Å². The summed E-state index contributed by atoms with van der Waals surface area (Å²) in [5.41, 5.74) is -7.55. The molecule has 202 valence electrons. The quantitative estimate of drug-likeness (QED) is 0.220. The van der Waals surface area contributed by atoms with Crippen molar-refractivity contribution < 1.29 is 39.9 Å². The minimum atomic E-state index is -6.35. The molecule has 0 bridgehead atoms. The van der Waals surface area contributed by atoms with Crippen LogP contribution in [0, 0.1) is 11.2 Å². The number of amides is 1. The van der Waals surface area contributed by atoms with Crippen LogP contribution < -0.4 is 10.6 Å². The van der Waals surface area contributed by atoms with E-state index in [1.54, 1.807) is 6.92 Å². The topological polar surface area (TPSA) is 65.0 Å². The Morgan fingerprint density at radius 3 is 2.03 bits per heavy atom. The first-order chi connectivity index (χ1) is 17.0. The largest absolute Gasteiger partial charge is 0.435 e. The summed E-state index contributed by atoms with van der Waals surface area (Å²) in [6.45, 7) is 3.15. The van der Waals surface area contributed by atoms with Crippen molar-refractivity contribution in [1.82, 2.24) is 5.32 Å². The smallest absolute Gasteiger partial charge is 0.359 e. The lowest BCUT2D eigenvalue weighted by atomic mass is 9.94. The number of hydrogen-bond acceptors (Lipinski definition) is 3. The zero-order valence-corrected chi connectivity index (χ0v) is 20.5. The molecule has 1 unspecified atom stereocenters. The van der Waals surface area contributed by atoms with Gasteiger partial charge in [0.25, 0.3) is 0 Å². The molecule has 14 heteroatoms. The average molecular weight is 576 g/mol. The Bertz CT molecular complexity index is 1170. The molecule has 0 radical (unpaired) electrons. The molecule has 0 aliphatic carbocycles. The Labute approximate surface area is 216 Å². The van der Waals surface area contributed by atoms with Crippen molar-refractivity contribution >= 4 is 46.6 Å². The van der Waals surface area contributed by atoms with Crippen LogP contribution in [-0.4, -0.2) is 24.5 Å². The standard InChI is InChI=1S/C23H19Cl2F8N3O/c1-3-19(37)36-11(2)15-6-12(4-5-18(15)26)13(9-34)10-35-20-16(24)7-14(8-17(20)25)21(27,22(28,29)30)23(31,32)33/h4-11,34-35H,3H2,1-2H3,(H,36,37)/b13-10+,34-9?. The van der Waals surface area contributed by atoms with Crippen LogP contribution in [-0.2, 0) is 10.5 Å². The van der Waals surface area contributed by atoms with Crippen molar-refractivity contribution in [3.05, 3.63) is 69.1 Å². The Balaban J connectivity index is 2.47. The van der Waals surface area contributed by atoms with Gasteiger partial charge in [-0.1, -0.05) is 36.2 Å². The van der Waals surface area contributed by atoms with Gasteiger partial charge in [0.2, 0.25) is 5.91 Å². The summed E-state index contributed by atoms with van der Waals surface area (Å²) >= 11 is 11.7. The normalized spacial score (nSPS) is 13.8. The maximum atomic E-state index is 14.4. The second kappa shape index (κ2) is 11.3. The van der Waals surface area contributed by atoms with Crippen LogP contribution in [0.4, 0.5) is 40.8 Å². The van der Waals surface area contributed by atoms with Crippen LogP contribution in [0.3, 0.4) is 0 Å². The molecule has 0 aliphatic heterocycles. The summed E-state index contributed by atoms with van der Waals surface area (Å²) in [5.74, 6) is -0.974. The summed E-state index contributed by atoms with van der Waals surface area (Å²) in [6.07, 6.45) is -10.6. The number of nitrogens with one attached hydrogen (secondary N) is 3. The Morgan fingerprint density at radius 1 is 1.03 bits per heavy atom. The van der Waals surface area contributed by atoms with Gasteiger partial charge in [-0.15, -0.1) is 0 Å². The first-order valence-electron chi connectivity index (χ1n) is 10.4. The van der Waals surface area contributed by atoms with Gasteiger partial charge in [-0.25, -0.2) is 8.78 Å². The molecular weight excluding hydrogens is 557 g/mol. The van der Waals surface area contributed by atoms with Crippen molar-refractivity contribution in [2.24, 2.45) is 0 Å². The van der Waals surface area contributed by atoms with Crippen LogP contribution in [0.25, 0.3) is 5.57 Å². The first-order valence-corrected chi connectivity index (χ1v) is 11.1. The second-order valence-electron chi connectivity index (χ2n) is 7.74. The second-order valence-corrected chi connectivity index (χ2v) is 8.55. The molecule has 3 N–H and O–H groups in total. The Morgan fingerprint density at radius 2 is 1.57 bits per heavy atom. The van der Waals surface area contributed by atoms with Gasteiger partial charge in [-0.05, 0) is 36.8 Å². The van der Waals surface area contributed by atoms with Gasteiger partial charge in [0.15, 0.2) is 0 Å². The van der Waals surface area contributed by atoms with E-state index in [4.69, 9.17) is 28.6 Å². The van der Waals surface area contributed by atoms with E-state index in [0.29, 0.717) is 0 Å². The van der Waals surface area contributed by atoms with E-state index in [-0.39, 0.29) is 46.8 Å². The molecule has 0 heterocycles. The summed E-state index contributed by atoms with van der Waals surface area (Å²) in [7, 11) is 0. The molecule has 1 amide bonds. The van der Waals surface area contributed by atoms with E-state index in [0.717, 1.165) is 18.5 Å². The van der Waals surface area contributed by atoms with Gasteiger partial charge in [0, 0.05) is 35.5 Å². The van der Waals surface area contributed by atoms with E-state index in [1.807, 2.05) is 0 Å². The SMILES string of the molecule is CCC(=O)NC(C)c1cc(/C(C=N)=C/Nc2c(Cl)cc(C(F)(C(F)(F)F)C(F)(F)F)cc2Cl)ccc1F. The van der Waals surface area contributed by atoms with Crippen LogP contribution in [0.1, 0.15) is 43.0 Å². The van der Waals surface area contributed by atoms with Crippen molar-refractivity contribution in [3.63, 3.8) is 0 Å². The van der Waals surface area contributed by atoms with Crippen LogP contribution >= 0.6 is 23.2 Å². The molecule has 0 saturated heterocycles. The third-order valence-electron chi connectivity index (χ3n) is 5.24. The number of alkyl halides is 7. The molecule has 0 aromatic heterocycles. The number of allylic oxidation sites excluding steroid dienone is 1. The monoisotopic (exact) mass is 575 g/mol. The molecule has 2 aromatic rings. The van der Waals surface area contributed by atoms with E-state index < -0.39 is 45.5 Å². The highest BCUT2D eigenvalue weighted by Gasteiger charge is 2.73. The lowest BCUT2D eigenvalue weighted by molar-refractivity contribution is -0.348. The van der Waals surface area contributed by atoms with Crippen molar-refractivity contribution in [2.75, 3.05) is 5.32 Å². The fraction of sp³-hybridized carbons (Fsp3) is 0.304. The van der Waals surface area contributed by atoms with E-state index in [2.05, 4.69) is 10.6 Å². The van der Waals surface area contributed by atoms with E-state index in [9.17, 15) is 39.9 Å². The van der Waals surface area contributed by atoms with Crippen molar-refractivity contribution in [3.8, 4) is 0 Å². The lowest BCUT2D eigenvalue weighted by Gasteiger charge is -2.30. The molecule has 0 saturated carbocycles. The number of rotatable bonds is 8. The Kier molecular flexibility index (Phi) is 9.24. The third-order valence-corrected chi connectivity index (χ3v) is 5.84. The molecule has 1 atom stereocenters. The van der Waals surface area contributed by atoms with Gasteiger partial charge in [0.05, 0.1) is 21.8 Å². The predicted octanol–water partition coefficient (Wildman–Crippen LogP) is 8.11. The summed E-state index contributed by atoms with van der Waals surface area (Å²) < 4.78 is 107. The number of halogens is 10. The fourth-order valence-corrected chi connectivity index (χ4v) is 3.83. The maximum Gasteiger partial charge on any atom is 0.435 e. The van der Waals surface area contributed by atoms with Gasteiger partial charge >= 0.3 is 18.0 Å². The van der Waals surface area contributed by atoms with Gasteiger partial charge in [-0.2, -0.15) is 26.3 Å². The maximum absolute atomic E-state index is 14.4. The summed E-state index contributed by atoms with van der Waals surface area (Å²) in [5, 5.41) is 11.1. The van der Waals surface area contributed by atoms with Crippen LogP contribution in [0.15, 0.2) is 36.5 Å². The zero-order valence-electron chi connectivity index (χ0n) is 19.0. The molecule has 0 spiro atoms. The number of anilines is 1. The molecule has 2 rings (SSSR count). The van der Waals surface area contributed by atoms with Crippen LogP contribution in [0.2, 0.25) is 10.0 Å². The fourth-order valence-electron chi connectivity index (χ4n) is 3.23. The first kappa shape index (κ1) is 30.4. The van der Waals surface area contributed by atoms with Gasteiger partial charge in [-0.3, -0.25) is 4.79 Å². The lowest BCUT2D eigenvalue weighted by Crippen LogP contribution is -2.50. The number of hydrogen-bond donors (Lipinski definition) is 3. The summed E-state index contributed by atoms with van der Waals surface area (Å²) in [6, 6.07) is 3.27. The molecule has 37 heavy (non-hydrogen) atoms. The number of carbonyl (C=O) groups excluding carboxylic acids is 1. The zero-order chi connectivity index (χ0) is 28.3. The number of benzene rings is 2. The predicted molar refractivity (Wildman–Crippen MR) is 125 cm³/mol. The van der Waals surface area contributed by atoms with E-state index in [1.165, 1.54) is 19.1 Å². The van der Waals surface area contributed by atoms with Gasteiger partial charge < -0.3 is 16.0 Å². The van der Waals surface area contributed by atoms with Crippen LogP contribution in [0.5, 0.6) is 0 Å². The van der Waals surface area contributed by atoms with E-state index >= 15 is 0 Å². The minimum Gasteiger partial charge on any atom is -0.359 e. The number of carbonyl (C=O) groups is 1. The van der Waals surface area contributed by atoms with Gasteiger partial charge in [0.1, 0.15) is 5.82 Å². The summed E-state index contributed by atoms with van der Waals surface area (Å²) in [4.78, 5) is 11.6. The highest BCUT2D eigenvalue weighted by Crippen LogP contribution is 2.54.